The van der Waals surface area contributed by atoms with E-state index in [4.69, 9.17) is 10.8 Å². The number of fused-ring (bicyclic) bond motifs is 1. The Morgan fingerprint density at radius 1 is 1.29 bits per heavy atom. The Labute approximate surface area is 204 Å². The van der Waals surface area contributed by atoms with Gasteiger partial charge < -0.3 is 30.9 Å². The van der Waals surface area contributed by atoms with E-state index in [1.54, 1.807) is 24.5 Å². The minimum absolute atomic E-state index is 0. The Hall–Kier alpha value is -3.37. The second kappa shape index (κ2) is 10.3. The summed E-state index contributed by atoms with van der Waals surface area (Å²) in [7, 11) is 1.51. The lowest BCUT2D eigenvalue weighted by Gasteiger charge is -2.40. The Morgan fingerprint density at radius 3 is 2.71 bits per heavy atom. The summed E-state index contributed by atoms with van der Waals surface area (Å²) in [6, 6.07) is 7.23. The summed E-state index contributed by atoms with van der Waals surface area (Å²) in [6.45, 7) is 3.82. The first-order valence-electron chi connectivity index (χ1n) is 10.9. The molecular formula is C23H30ClN7O3. The molecule has 3 aromatic rings. The number of nitrogens with zero attached hydrogens (tertiary/aromatic N) is 4. The highest BCUT2D eigenvalue weighted by molar-refractivity contribution is 5.96. The number of nitrogens with one attached hydrogen (secondary N) is 2. The lowest BCUT2D eigenvalue weighted by Crippen LogP contribution is -2.50. The first-order chi connectivity index (χ1) is 15.8. The van der Waals surface area contributed by atoms with Gasteiger partial charge in [-0.1, -0.05) is 12.1 Å². The lowest BCUT2D eigenvalue weighted by atomic mass is 9.77. The topological polar surface area (TPSA) is 140 Å². The van der Waals surface area contributed by atoms with Crippen molar-refractivity contribution in [2.75, 3.05) is 36.9 Å². The number of carboxylic acid groups (broad SMARTS) is 1. The first kappa shape index (κ1) is 25.3. The van der Waals surface area contributed by atoms with E-state index in [0.717, 1.165) is 28.0 Å². The van der Waals surface area contributed by atoms with Crippen molar-refractivity contribution >= 4 is 46.9 Å². The van der Waals surface area contributed by atoms with E-state index in [0.29, 0.717) is 31.6 Å². The Morgan fingerprint density at radius 2 is 2.03 bits per heavy atom. The highest BCUT2D eigenvalue weighted by atomic mass is 35.5. The van der Waals surface area contributed by atoms with Crippen LogP contribution in [-0.4, -0.2) is 63.6 Å². The number of nitrogens with two attached hydrogens (primary N) is 1. The number of benzene rings is 1. The van der Waals surface area contributed by atoms with E-state index in [1.807, 2.05) is 19.2 Å². The maximum absolute atomic E-state index is 13.3. The van der Waals surface area contributed by atoms with Gasteiger partial charge in [0.25, 0.3) is 0 Å². The fourth-order valence-electron chi connectivity index (χ4n) is 4.36. The zero-order valence-corrected chi connectivity index (χ0v) is 20.1. The largest absolute Gasteiger partial charge is 0.465 e. The molecular weight excluding hydrogens is 458 g/mol. The molecule has 0 unspecified atom stereocenters. The summed E-state index contributed by atoms with van der Waals surface area (Å²) >= 11 is 0. The standard InChI is InChI=1S/C23H29N7O3.ClH/c1-15-11-25-19-18(15)20(27-14-26-19)30-8-6-23(13-24,7-9-30)21(31)28-17-5-3-4-16(10-17)12-29(2)22(32)33;/h3-5,10-11,14H,6-9,12-13,24H2,1-2H3,(H,28,31)(H,32,33)(H,25,26,27);1H. The minimum Gasteiger partial charge on any atom is -0.465 e. The van der Waals surface area contributed by atoms with Crippen LogP contribution in [0.1, 0.15) is 24.0 Å². The first-order valence-corrected chi connectivity index (χ1v) is 10.9. The summed E-state index contributed by atoms with van der Waals surface area (Å²) in [5, 5.41) is 13.1. The molecule has 2 aromatic heterocycles. The second-order valence-electron chi connectivity index (χ2n) is 8.66. The van der Waals surface area contributed by atoms with E-state index in [1.165, 1.54) is 11.9 Å². The van der Waals surface area contributed by atoms with Crippen molar-refractivity contribution in [3.8, 4) is 0 Å². The molecule has 1 saturated heterocycles. The van der Waals surface area contributed by atoms with Crippen LogP contribution in [0.3, 0.4) is 0 Å². The van der Waals surface area contributed by atoms with Crippen LogP contribution in [0, 0.1) is 12.3 Å². The molecule has 1 fully saturated rings. The minimum atomic E-state index is -1.01. The summed E-state index contributed by atoms with van der Waals surface area (Å²) in [5.41, 5.74) is 8.76. The van der Waals surface area contributed by atoms with Gasteiger partial charge in [0.05, 0.1) is 10.8 Å². The number of aromatic amines is 1. The number of piperidine rings is 1. The van der Waals surface area contributed by atoms with Gasteiger partial charge >= 0.3 is 6.09 Å². The predicted octanol–water partition coefficient (Wildman–Crippen LogP) is 2.98. The molecule has 2 amide bonds. The molecule has 182 valence electrons. The number of hydrogen-bond donors (Lipinski definition) is 4. The summed E-state index contributed by atoms with van der Waals surface area (Å²) in [5.74, 6) is 0.763. The molecule has 3 heterocycles. The maximum Gasteiger partial charge on any atom is 0.407 e. The van der Waals surface area contributed by atoms with Gasteiger partial charge in [-0.25, -0.2) is 14.8 Å². The van der Waals surface area contributed by atoms with Crippen LogP contribution in [0.5, 0.6) is 0 Å². The quantitative estimate of drug-likeness (QED) is 0.419. The van der Waals surface area contributed by atoms with Gasteiger partial charge in [-0.15, -0.1) is 12.4 Å². The van der Waals surface area contributed by atoms with Crippen molar-refractivity contribution in [2.24, 2.45) is 11.1 Å². The molecule has 10 nitrogen and oxygen atoms in total. The van der Waals surface area contributed by atoms with Gasteiger partial charge in [0.1, 0.15) is 17.8 Å². The van der Waals surface area contributed by atoms with Crippen LogP contribution in [-0.2, 0) is 11.3 Å². The van der Waals surface area contributed by atoms with Crippen molar-refractivity contribution in [2.45, 2.75) is 26.3 Å². The predicted molar refractivity (Wildman–Crippen MR) is 133 cm³/mol. The van der Waals surface area contributed by atoms with Gasteiger partial charge in [-0.3, -0.25) is 4.79 Å². The lowest BCUT2D eigenvalue weighted by molar-refractivity contribution is -0.126. The molecule has 0 radical (unpaired) electrons. The molecule has 1 aromatic carbocycles. The van der Waals surface area contributed by atoms with Crippen molar-refractivity contribution in [3.63, 3.8) is 0 Å². The van der Waals surface area contributed by atoms with Gasteiger partial charge in [0.15, 0.2) is 0 Å². The Kier molecular flexibility index (Phi) is 7.63. The van der Waals surface area contributed by atoms with Crippen molar-refractivity contribution in [1.29, 1.82) is 0 Å². The van der Waals surface area contributed by atoms with Crippen LogP contribution in [0.15, 0.2) is 36.8 Å². The second-order valence-corrected chi connectivity index (χ2v) is 8.66. The zero-order valence-electron chi connectivity index (χ0n) is 19.2. The number of amides is 2. The van der Waals surface area contributed by atoms with Crippen LogP contribution in [0.4, 0.5) is 16.3 Å². The summed E-state index contributed by atoms with van der Waals surface area (Å²) < 4.78 is 0. The average molecular weight is 488 g/mol. The monoisotopic (exact) mass is 487 g/mol. The fourth-order valence-corrected chi connectivity index (χ4v) is 4.36. The Bertz CT molecular complexity index is 1170. The molecule has 0 saturated carbocycles. The molecule has 0 atom stereocenters. The van der Waals surface area contributed by atoms with Crippen LogP contribution in [0.25, 0.3) is 11.0 Å². The van der Waals surface area contributed by atoms with Crippen LogP contribution >= 0.6 is 12.4 Å². The number of aromatic nitrogens is 3. The van der Waals surface area contributed by atoms with Crippen molar-refractivity contribution in [1.82, 2.24) is 19.9 Å². The SMILES string of the molecule is Cc1c[nH]c2ncnc(N3CCC(CN)(C(=O)Nc4cccc(CN(C)C(=O)O)c4)CC3)c12.Cl. The molecule has 1 aliphatic rings. The molecule has 34 heavy (non-hydrogen) atoms. The highest BCUT2D eigenvalue weighted by Gasteiger charge is 2.41. The van der Waals surface area contributed by atoms with Gasteiger partial charge in [0.2, 0.25) is 5.91 Å². The van der Waals surface area contributed by atoms with Crippen LogP contribution < -0.4 is 16.0 Å². The van der Waals surface area contributed by atoms with Crippen LogP contribution in [0.2, 0.25) is 0 Å². The van der Waals surface area contributed by atoms with Gasteiger partial charge in [-0.05, 0) is 43.0 Å². The van der Waals surface area contributed by atoms with Crippen molar-refractivity contribution in [3.05, 3.63) is 47.9 Å². The van der Waals surface area contributed by atoms with E-state index < -0.39 is 11.5 Å². The summed E-state index contributed by atoms with van der Waals surface area (Å²) in [4.78, 5) is 39.7. The number of hydrogen-bond acceptors (Lipinski definition) is 6. The number of carbonyl (C=O) groups excluding carboxylic acids is 1. The number of H-pyrrole nitrogens is 1. The maximum atomic E-state index is 13.3. The molecule has 4 rings (SSSR count). The third kappa shape index (κ3) is 4.92. The van der Waals surface area contributed by atoms with E-state index in [9.17, 15) is 9.59 Å². The number of anilines is 2. The van der Waals surface area contributed by atoms with E-state index >= 15 is 0 Å². The number of rotatable bonds is 6. The van der Waals surface area contributed by atoms with Gasteiger partial charge in [0, 0.05) is 45.1 Å². The van der Waals surface area contributed by atoms with E-state index in [-0.39, 0.29) is 31.4 Å². The third-order valence-corrected chi connectivity index (χ3v) is 6.47. The zero-order chi connectivity index (χ0) is 23.6. The Balaban J connectivity index is 0.00000324. The molecule has 11 heteroatoms. The number of carbonyl (C=O) groups is 2. The third-order valence-electron chi connectivity index (χ3n) is 6.47. The molecule has 0 bridgehead atoms. The summed E-state index contributed by atoms with van der Waals surface area (Å²) in [6.07, 6.45) is 3.68. The molecule has 0 spiro atoms. The molecule has 1 aliphatic heterocycles. The average Bonchev–Trinajstić information content (AvgIpc) is 3.20. The normalized spacial score (nSPS) is 15.0. The smallest absolute Gasteiger partial charge is 0.407 e. The fraction of sp³-hybridized carbons (Fsp3) is 0.391. The molecule has 5 N–H and O–H groups in total. The highest BCUT2D eigenvalue weighted by Crippen LogP contribution is 2.36. The van der Waals surface area contributed by atoms with Gasteiger partial charge in [-0.2, -0.15) is 0 Å². The van der Waals surface area contributed by atoms with Crippen molar-refractivity contribution < 1.29 is 14.7 Å². The molecule has 0 aliphatic carbocycles. The van der Waals surface area contributed by atoms with E-state index in [2.05, 4.69) is 25.2 Å². The number of halogens is 1. The number of aryl methyl sites for hydroxylation is 1.